The molecule has 2 N–H and O–H groups in total. The normalized spacial score (nSPS) is 10.3. The summed E-state index contributed by atoms with van der Waals surface area (Å²) in [4.78, 5) is 35.1. The Morgan fingerprint density at radius 3 is 2.21 bits per heavy atom. The Morgan fingerprint density at radius 2 is 1.62 bits per heavy atom. The van der Waals surface area contributed by atoms with Gasteiger partial charge in [0, 0.05) is 37.4 Å². The molecule has 0 fully saturated rings. The van der Waals surface area contributed by atoms with Gasteiger partial charge in [0.1, 0.15) is 5.75 Å². The molecule has 1 aromatic carbocycles. The van der Waals surface area contributed by atoms with E-state index >= 15 is 0 Å². The van der Waals surface area contributed by atoms with Gasteiger partial charge >= 0.3 is 0 Å². The number of Topliss-reactive ketones (excluding diaryl/α,β-unsaturated/α-hetero) is 1. The molecule has 0 saturated heterocycles. The third-order valence-electron chi connectivity index (χ3n) is 3.34. The third-order valence-corrected chi connectivity index (χ3v) is 3.34. The average Bonchev–Trinajstić information content (AvgIpc) is 2.57. The maximum absolute atomic E-state index is 12.0. The van der Waals surface area contributed by atoms with E-state index in [9.17, 15) is 14.4 Å². The summed E-state index contributed by atoms with van der Waals surface area (Å²) < 4.78 is 5.32. The summed E-state index contributed by atoms with van der Waals surface area (Å²) in [5.41, 5.74) is 0.565. The summed E-state index contributed by atoms with van der Waals surface area (Å²) in [5, 5.41) is 5.40. The fraction of sp³-hybridized carbons (Fsp3) is 0.500. The van der Waals surface area contributed by atoms with Gasteiger partial charge in [-0.05, 0) is 31.2 Å². The summed E-state index contributed by atoms with van der Waals surface area (Å²) in [6, 6.07) is 6.89. The smallest absolute Gasteiger partial charge is 0.222 e. The maximum atomic E-state index is 12.0. The lowest BCUT2D eigenvalue weighted by Crippen LogP contribution is -2.36. The van der Waals surface area contributed by atoms with Crippen LogP contribution in [-0.2, 0) is 9.59 Å². The summed E-state index contributed by atoms with van der Waals surface area (Å²) in [6.07, 6.45) is 0.280. The molecule has 0 aromatic heterocycles. The van der Waals surface area contributed by atoms with E-state index in [1.165, 1.54) is 0 Å². The molecule has 0 spiro atoms. The minimum absolute atomic E-state index is 0.0464. The largest absolute Gasteiger partial charge is 0.494 e. The van der Waals surface area contributed by atoms with Crippen molar-refractivity contribution < 1.29 is 19.1 Å². The number of carbonyl (C=O) groups is 3. The van der Waals surface area contributed by atoms with E-state index in [1.54, 1.807) is 38.1 Å². The quantitative estimate of drug-likeness (QED) is 0.506. The summed E-state index contributed by atoms with van der Waals surface area (Å²) in [5.74, 6) is 0.312. The number of ether oxygens (including phenoxy) is 1. The van der Waals surface area contributed by atoms with Gasteiger partial charge in [0.05, 0.1) is 6.61 Å². The first kappa shape index (κ1) is 19.7. The van der Waals surface area contributed by atoms with Crippen LogP contribution in [0.2, 0.25) is 0 Å². The van der Waals surface area contributed by atoms with Gasteiger partial charge in [-0.2, -0.15) is 0 Å². The number of hydrogen-bond acceptors (Lipinski definition) is 4. The van der Waals surface area contributed by atoms with Crippen molar-refractivity contribution in [3.05, 3.63) is 29.8 Å². The van der Waals surface area contributed by atoms with Crippen LogP contribution in [0.15, 0.2) is 24.3 Å². The van der Waals surface area contributed by atoms with E-state index in [0.29, 0.717) is 25.3 Å². The second kappa shape index (κ2) is 10.4. The van der Waals surface area contributed by atoms with Crippen LogP contribution in [-0.4, -0.2) is 37.3 Å². The number of carbonyl (C=O) groups excluding carboxylic acids is 3. The van der Waals surface area contributed by atoms with E-state index in [-0.39, 0.29) is 36.4 Å². The highest BCUT2D eigenvalue weighted by Gasteiger charge is 2.10. The maximum Gasteiger partial charge on any atom is 0.222 e. The predicted octanol–water partition coefficient (Wildman–Crippen LogP) is 1.94. The molecule has 0 aliphatic carbocycles. The SMILES string of the molecule is CCOc1ccc(C(=O)CCC(=O)NCCNC(=O)C(C)C)cc1. The van der Waals surface area contributed by atoms with Crippen molar-refractivity contribution in [2.75, 3.05) is 19.7 Å². The molecule has 0 radical (unpaired) electrons. The van der Waals surface area contributed by atoms with Crippen molar-refractivity contribution in [2.45, 2.75) is 33.6 Å². The predicted molar refractivity (Wildman–Crippen MR) is 92.0 cm³/mol. The Hall–Kier alpha value is -2.37. The number of amides is 2. The molecule has 1 aromatic rings. The van der Waals surface area contributed by atoms with E-state index in [2.05, 4.69) is 10.6 Å². The van der Waals surface area contributed by atoms with Gasteiger partial charge < -0.3 is 15.4 Å². The van der Waals surface area contributed by atoms with Crippen LogP contribution in [0.4, 0.5) is 0 Å². The standard InChI is InChI=1S/C18H26N2O4/c1-4-24-15-7-5-14(6-8-15)16(21)9-10-17(22)19-11-12-20-18(23)13(2)3/h5-8,13H,4,9-12H2,1-3H3,(H,19,22)(H,20,23). The first-order valence-corrected chi connectivity index (χ1v) is 8.24. The van der Waals surface area contributed by atoms with Crippen LogP contribution in [0, 0.1) is 5.92 Å². The fourth-order valence-corrected chi connectivity index (χ4v) is 1.96. The minimum Gasteiger partial charge on any atom is -0.494 e. The molecule has 2 amide bonds. The van der Waals surface area contributed by atoms with Gasteiger partial charge in [0.15, 0.2) is 5.78 Å². The van der Waals surface area contributed by atoms with Crippen LogP contribution in [0.5, 0.6) is 5.75 Å². The molecule has 0 saturated carbocycles. The highest BCUT2D eigenvalue weighted by atomic mass is 16.5. The van der Waals surface area contributed by atoms with Gasteiger partial charge in [-0.3, -0.25) is 14.4 Å². The highest BCUT2D eigenvalue weighted by molar-refractivity contribution is 5.98. The van der Waals surface area contributed by atoms with Crippen molar-refractivity contribution in [2.24, 2.45) is 5.92 Å². The first-order chi connectivity index (χ1) is 11.4. The molecule has 132 valence electrons. The summed E-state index contributed by atoms with van der Waals surface area (Å²) in [7, 11) is 0. The van der Waals surface area contributed by atoms with Crippen LogP contribution < -0.4 is 15.4 Å². The van der Waals surface area contributed by atoms with Crippen LogP contribution in [0.25, 0.3) is 0 Å². The van der Waals surface area contributed by atoms with Gasteiger partial charge in [-0.1, -0.05) is 13.8 Å². The lowest BCUT2D eigenvalue weighted by molar-refractivity contribution is -0.124. The Morgan fingerprint density at radius 1 is 1.00 bits per heavy atom. The van der Waals surface area contributed by atoms with Gasteiger partial charge in [0.25, 0.3) is 0 Å². The topological polar surface area (TPSA) is 84.5 Å². The Bertz CT molecular complexity index is 553. The van der Waals surface area contributed by atoms with Crippen molar-refractivity contribution in [1.29, 1.82) is 0 Å². The van der Waals surface area contributed by atoms with Gasteiger partial charge in [-0.25, -0.2) is 0 Å². The number of rotatable bonds is 10. The van der Waals surface area contributed by atoms with Crippen molar-refractivity contribution in [3.8, 4) is 5.75 Å². The molecule has 0 heterocycles. The van der Waals surface area contributed by atoms with Gasteiger partial charge in [0.2, 0.25) is 11.8 Å². The molecular weight excluding hydrogens is 308 g/mol. The minimum atomic E-state index is -0.201. The van der Waals surface area contributed by atoms with Crippen molar-refractivity contribution in [3.63, 3.8) is 0 Å². The number of benzene rings is 1. The Kier molecular flexibility index (Phi) is 8.54. The molecule has 0 unspecified atom stereocenters. The van der Waals surface area contributed by atoms with Crippen molar-refractivity contribution >= 4 is 17.6 Å². The zero-order valence-corrected chi connectivity index (χ0v) is 14.6. The summed E-state index contributed by atoms with van der Waals surface area (Å²) >= 11 is 0. The first-order valence-electron chi connectivity index (χ1n) is 8.24. The Balaban J connectivity index is 2.26. The number of hydrogen-bond donors (Lipinski definition) is 2. The van der Waals surface area contributed by atoms with Gasteiger partial charge in [-0.15, -0.1) is 0 Å². The van der Waals surface area contributed by atoms with E-state index < -0.39 is 0 Å². The third kappa shape index (κ3) is 7.26. The lowest BCUT2D eigenvalue weighted by atomic mass is 10.1. The van der Waals surface area contributed by atoms with Crippen molar-refractivity contribution in [1.82, 2.24) is 10.6 Å². The Labute approximate surface area is 143 Å². The second-order valence-corrected chi connectivity index (χ2v) is 5.68. The molecule has 6 nitrogen and oxygen atoms in total. The lowest BCUT2D eigenvalue weighted by Gasteiger charge is -2.08. The zero-order chi connectivity index (χ0) is 17.9. The molecular formula is C18H26N2O4. The molecule has 0 aliphatic heterocycles. The van der Waals surface area contributed by atoms with E-state index in [4.69, 9.17) is 4.74 Å². The van der Waals surface area contributed by atoms with Crippen LogP contribution in [0.3, 0.4) is 0 Å². The molecule has 6 heteroatoms. The molecule has 0 bridgehead atoms. The van der Waals surface area contributed by atoms with Crippen LogP contribution >= 0.6 is 0 Å². The fourth-order valence-electron chi connectivity index (χ4n) is 1.96. The highest BCUT2D eigenvalue weighted by Crippen LogP contribution is 2.13. The number of nitrogens with one attached hydrogen (secondary N) is 2. The molecule has 0 aliphatic rings. The molecule has 1 rings (SSSR count). The van der Waals surface area contributed by atoms with Crippen LogP contribution in [0.1, 0.15) is 44.0 Å². The molecule has 24 heavy (non-hydrogen) atoms. The van der Waals surface area contributed by atoms with E-state index in [0.717, 1.165) is 5.75 Å². The average molecular weight is 334 g/mol. The number of ketones is 1. The van der Waals surface area contributed by atoms with E-state index in [1.807, 2.05) is 6.92 Å². The summed E-state index contributed by atoms with van der Waals surface area (Å²) in [6.45, 7) is 6.82. The monoisotopic (exact) mass is 334 g/mol. The molecule has 0 atom stereocenters. The zero-order valence-electron chi connectivity index (χ0n) is 14.6. The second-order valence-electron chi connectivity index (χ2n) is 5.68.